The van der Waals surface area contributed by atoms with E-state index >= 15 is 0 Å². The van der Waals surface area contributed by atoms with Gasteiger partial charge in [-0.2, -0.15) is 5.26 Å². The summed E-state index contributed by atoms with van der Waals surface area (Å²) in [4.78, 5) is 0. The van der Waals surface area contributed by atoms with Gasteiger partial charge < -0.3 is 5.11 Å². The number of phenols is 1. The summed E-state index contributed by atoms with van der Waals surface area (Å²) in [6.45, 7) is 0. The van der Waals surface area contributed by atoms with E-state index in [4.69, 9.17) is 0 Å². The molecule has 0 bridgehead atoms. The minimum atomic E-state index is -0.0889. The van der Waals surface area contributed by atoms with Crippen LogP contribution in [-0.2, 0) is 0 Å². The van der Waals surface area contributed by atoms with Crippen LogP contribution in [0.4, 0.5) is 0 Å². The lowest BCUT2D eigenvalue weighted by Crippen LogP contribution is -2.04. The molecule has 4 rings (SSSR count). The number of nitriles is 1. The Morgan fingerprint density at radius 2 is 1.35 bits per heavy atom. The van der Waals surface area contributed by atoms with Gasteiger partial charge in [-0.25, -0.2) is 0 Å². The summed E-state index contributed by atoms with van der Waals surface area (Å²) >= 11 is 0. The van der Waals surface area contributed by atoms with Gasteiger partial charge in [0.15, 0.2) is 0 Å². The molecule has 0 aliphatic heterocycles. The van der Waals surface area contributed by atoms with Crippen molar-refractivity contribution in [2.24, 2.45) is 0 Å². The molecule has 124 valence electrons. The van der Waals surface area contributed by atoms with Gasteiger partial charge >= 0.3 is 0 Å². The van der Waals surface area contributed by atoms with Crippen LogP contribution in [0, 0.1) is 11.3 Å². The fourth-order valence-electron chi connectivity index (χ4n) is 3.53. The van der Waals surface area contributed by atoms with Crippen molar-refractivity contribution in [1.82, 2.24) is 0 Å². The van der Waals surface area contributed by atoms with Gasteiger partial charge in [-0.05, 0) is 40.1 Å². The third kappa shape index (κ3) is 2.81. The molecule has 0 fully saturated rings. The summed E-state index contributed by atoms with van der Waals surface area (Å²) in [6.07, 6.45) is 0. The second-order valence-electron chi connectivity index (χ2n) is 6.30. The fraction of sp³-hybridized carbons (Fsp3) is 0.0417. The van der Waals surface area contributed by atoms with Gasteiger partial charge in [0.1, 0.15) is 5.75 Å². The first kappa shape index (κ1) is 15.9. The van der Waals surface area contributed by atoms with E-state index in [1.54, 1.807) is 12.1 Å². The van der Waals surface area contributed by atoms with E-state index in [2.05, 4.69) is 30.3 Å². The Morgan fingerprint density at radius 3 is 1.92 bits per heavy atom. The molecule has 0 saturated heterocycles. The van der Waals surface area contributed by atoms with Crippen molar-refractivity contribution in [3.8, 4) is 11.8 Å². The molecule has 4 aromatic carbocycles. The van der Waals surface area contributed by atoms with Crippen LogP contribution in [0.15, 0.2) is 91.0 Å². The lowest BCUT2D eigenvalue weighted by Gasteiger charge is -2.22. The molecule has 0 unspecified atom stereocenters. The maximum Gasteiger partial charge on any atom is 0.120 e. The van der Waals surface area contributed by atoms with E-state index in [1.165, 1.54) is 0 Å². The normalized spacial score (nSPS) is 10.8. The van der Waals surface area contributed by atoms with Crippen molar-refractivity contribution in [2.75, 3.05) is 0 Å². The van der Waals surface area contributed by atoms with E-state index in [0.717, 1.165) is 27.5 Å². The average molecular weight is 335 g/mol. The van der Waals surface area contributed by atoms with E-state index in [1.807, 2.05) is 54.6 Å². The summed E-state index contributed by atoms with van der Waals surface area (Å²) in [6, 6.07) is 31.7. The Bertz CT molecular complexity index is 1060. The summed E-state index contributed by atoms with van der Waals surface area (Å²) in [5, 5.41) is 21.9. The van der Waals surface area contributed by atoms with E-state index < -0.39 is 0 Å². The summed E-state index contributed by atoms with van der Waals surface area (Å²) in [5.41, 5.74) is 3.71. The number of hydrogen-bond acceptors (Lipinski definition) is 2. The van der Waals surface area contributed by atoms with Crippen molar-refractivity contribution in [1.29, 1.82) is 5.26 Å². The molecule has 2 nitrogen and oxygen atoms in total. The Hall–Kier alpha value is -3.57. The highest BCUT2D eigenvalue weighted by Crippen LogP contribution is 2.41. The van der Waals surface area contributed by atoms with Crippen molar-refractivity contribution in [3.05, 3.63) is 113 Å². The first-order chi connectivity index (χ1) is 12.8. The van der Waals surface area contributed by atoms with Gasteiger partial charge in [0, 0.05) is 11.5 Å². The Morgan fingerprint density at radius 1 is 0.731 bits per heavy atom. The molecule has 0 amide bonds. The first-order valence-corrected chi connectivity index (χ1v) is 8.53. The van der Waals surface area contributed by atoms with Crippen LogP contribution >= 0.6 is 0 Å². The fourth-order valence-corrected chi connectivity index (χ4v) is 3.53. The van der Waals surface area contributed by atoms with Crippen LogP contribution in [0.2, 0.25) is 0 Å². The minimum Gasteiger partial charge on any atom is -0.508 e. The number of phenolic OH excluding ortho intramolecular Hbond substituents is 1. The van der Waals surface area contributed by atoms with Gasteiger partial charge in [-0.1, -0.05) is 72.8 Å². The van der Waals surface area contributed by atoms with Crippen LogP contribution in [0.25, 0.3) is 10.8 Å². The largest absolute Gasteiger partial charge is 0.508 e. The predicted molar refractivity (Wildman–Crippen MR) is 104 cm³/mol. The van der Waals surface area contributed by atoms with Crippen molar-refractivity contribution < 1.29 is 5.11 Å². The SMILES string of the molecule is N#Cc1ccc2c(C(c3ccccc3)c3ccccc3)c(O)ccc2c1. The molecule has 0 spiro atoms. The Labute approximate surface area is 152 Å². The highest BCUT2D eigenvalue weighted by Gasteiger charge is 2.22. The van der Waals surface area contributed by atoms with Gasteiger partial charge in [0.2, 0.25) is 0 Å². The molecule has 0 aliphatic carbocycles. The summed E-state index contributed by atoms with van der Waals surface area (Å²) < 4.78 is 0. The maximum atomic E-state index is 10.8. The van der Waals surface area contributed by atoms with Gasteiger partial charge in [0.25, 0.3) is 0 Å². The number of rotatable bonds is 3. The van der Waals surface area contributed by atoms with Crippen molar-refractivity contribution >= 4 is 10.8 Å². The molecule has 26 heavy (non-hydrogen) atoms. The number of aromatic hydroxyl groups is 1. The zero-order valence-corrected chi connectivity index (χ0v) is 14.1. The van der Waals surface area contributed by atoms with Crippen LogP contribution < -0.4 is 0 Å². The van der Waals surface area contributed by atoms with Gasteiger partial charge in [-0.15, -0.1) is 0 Å². The van der Waals surface area contributed by atoms with Crippen LogP contribution in [0.3, 0.4) is 0 Å². The third-order valence-electron chi connectivity index (χ3n) is 4.72. The first-order valence-electron chi connectivity index (χ1n) is 8.53. The van der Waals surface area contributed by atoms with Crippen LogP contribution in [0.5, 0.6) is 5.75 Å². The lowest BCUT2D eigenvalue weighted by molar-refractivity contribution is 0.468. The van der Waals surface area contributed by atoms with Crippen molar-refractivity contribution in [3.63, 3.8) is 0 Å². The number of nitrogens with zero attached hydrogens (tertiary/aromatic N) is 1. The van der Waals surface area contributed by atoms with E-state index in [-0.39, 0.29) is 11.7 Å². The van der Waals surface area contributed by atoms with Crippen LogP contribution in [-0.4, -0.2) is 5.11 Å². The molecule has 0 aromatic heterocycles. The quantitative estimate of drug-likeness (QED) is 0.495. The molecule has 1 N–H and O–H groups in total. The van der Waals surface area contributed by atoms with Gasteiger partial charge in [-0.3, -0.25) is 0 Å². The molecule has 0 radical (unpaired) electrons. The third-order valence-corrected chi connectivity index (χ3v) is 4.72. The minimum absolute atomic E-state index is 0.0889. The summed E-state index contributed by atoms with van der Waals surface area (Å²) in [5.74, 6) is 0.175. The standard InChI is InChI=1S/C24H17NO/c25-16-17-11-13-21-20(15-17)12-14-22(26)24(21)23(18-7-3-1-4-8-18)19-9-5-2-6-10-19/h1-15,23,26H. The second kappa shape index (κ2) is 6.74. The number of fused-ring (bicyclic) bond motifs is 1. The zero-order valence-electron chi connectivity index (χ0n) is 14.1. The maximum absolute atomic E-state index is 10.8. The number of hydrogen-bond donors (Lipinski definition) is 1. The molecular weight excluding hydrogens is 318 g/mol. The molecular formula is C24H17NO. The van der Waals surface area contributed by atoms with Crippen LogP contribution in [0.1, 0.15) is 28.2 Å². The smallest absolute Gasteiger partial charge is 0.120 e. The second-order valence-corrected chi connectivity index (χ2v) is 6.30. The molecule has 0 atom stereocenters. The lowest BCUT2D eigenvalue weighted by atomic mass is 9.82. The average Bonchev–Trinajstić information content (AvgIpc) is 2.71. The topological polar surface area (TPSA) is 44.0 Å². The highest BCUT2D eigenvalue weighted by molar-refractivity contribution is 5.90. The Balaban J connectivity index is 2.03. The summed E-state index contributed by atoms with van der Waals surface area (Å²) in [7, 11) is 0. The van der Waals surface area contributed by atoms with Crippen molar-refractivity contribution in [2.45, 2.75) is 5.92 Å². The monoisotopic (exact) mass is 335 g/mol. The highest BCUT2D eigenvalue weighted by atomic mass is 16.3. The van der Waals surface area contributed by atoms with E-state index in [9.17, 15) is 10.4 Å². The predicted octanol–water partition coefficient (Wildman–Crippen LogP) is 5.60. The molecule has 0 heterocycles. The molecule has 2 heteroatoms. The number of benzene rings is 4. The van der Waals surface area contributed by atoms with Gasteiger partial charge in [0.05, 0.1) is 11.6 Å². The Kier molecular flexibility index (Phi) is 4.13. The molecule has 0 aliphatic rings. The zero-order chi connectivity index (χ0) is 17.9. The van der Waals surface area contributed by atoms with E-state index in [0.29, 0.717) is 5.56 Å². The molecule has 4 aromatic rings. The molecule has 0 saturated carbocycles.